The Morgan fingerprint density at radius 2 is 1.76 bits per heavy atom. The SMILES string of the molecule is C=C(NOCC(=O)N(Cc1ccccc1)c1ccccc1C(=O)[O-])c1cccs1. The van der Waals surface area contributed by atoms with Gasteiger partial charge in [-0.2, -0.15) is 0 Å². The topological polar surface area (TPSA) is 81.7 Å². The Morgan fingerprint density at radius 3 is 2.45 bits per heavy atom. The summed E-state index contributed by atoms with van der Waals surface area (Å²) in [6.45, 7) is 3.75. The minimum atomic E-state index is -1.35. The van der Waals surface area contributed by atoms with Crippen molar-refractivity contribution in [2.45, 2.75) is 6.54 Å². The number of carboxylic acids is 1. The molecule has 0 atom stereocenters. The Morgan fingerprint density at radius 1 is 1.03 bits per heavy atom. The van der Waals surface area contributed by atoms with Crippen LogP contribution in [0.1, 0.15) is 20.8 Å². The molecule has 6 nitrogen and oxygen atoms in total. The normalized spacial score (nSPS) is 10.3. The maximum absolute atomic E-state index is 12.9. The van der Waals surface area contributed by atoms with Crippen LogP contribution in [0.2, 0.25) is 0 Å². The summed E-state index contributed by atoms with van der Waals surface area (Å²) in [5.74, 6) is -1.76. The number of carbonyl (C=O) groups excluding carboxylic acids is 2. The zero-order chi connectivity index (χ0) is 20.6. The molecule has 0 spiro atoms. The van der Waals surface area contributed by atoms with Gasteiger partial charge in [-0.25, -0.2) is 0 Å². The summed E-state index contributed by atoms with van der Waals surface area (Å²) < 4.78 is 0. The third-order valence-corrected chi connectivity index (χ3v) is 5.04. The number of benzene rings is 2. The molecule has 1 N–H and O–H groups in total. The molecule has 0 saturated carbocycles. The molecule has 0 fully saturated rings. The Bertz CT molecular complexity index is 987. The number of hydrogen-bond donors (Lipinski definition) is 1. The van der Waals surface area contributed by atoms with Crippen molar-refractivity contribution in [3.63, 3.8) is 0 Å². The van der Waals surface area contributed by atoms with E-state index in [1.807, 2.05) is 47.8 Å². The average Bonchev–Trinajstić information content (AvgIpc) is 3.27. The number of rotatable bonds is 9. The fourth-order valence-corrected chi connectivity index (χ4v) is 3.36. The molecule has 1 aromatic heterocycles. The standard InChI is InChI=1S/C22H20N2O4S/c1-16(20-12-7-13-29-20)23-28-15-21(25)24(14-17-8-3-2-4-9-17)19-11-6-5-10-18(19)22(26)27/h2-13,23H,1,14-15H2,(H,26,27)/p-1. The molecule has 1 heterocycles. The van der Waals surface area contributed by atoms with Crippen LogP contribution in [0.25, 0.3) is 5.70 Å². The number of para-hydroxylation sites is 1. The molecule has 0 bridgehead atoms. The summed E-state index contributed by atoms with van der Waals surface area (Å²) in [7, 11) is 0. The van der Waals surface area contributed by atoms with Crippen LogP contribution in [-0.4, -0.2) is 18.5 Å². The summed E-state index contributed by atoms with van der Waals surface area (Å²) in [6, 6.07) is 19.3. The molecule has 2 aromatic carbocycles. The van der Waals surface area contributed by atoms with Gasteiger partial charge in [-0.05, 0) is 23.1 Å². The van der Waals surface area contributed by atoms with Gasteiger partial charge < -0.3 is 14.8 Å². The van der Waals surface area contributed by atoms with Gasteiger partial charge >= 0.3 is 0 Å². The van der Waals surface area contributed by atoms with E-state index in [2.05, 4.69) is 12.1 Å². The molecular formula is C22H19N2O4S-. The third kappa shape index (κ3) is 5.31. The van der Waals surface area contributed by atoms with Crippen LogP contribution in [0.4, 0.5) is 5.69 Å². The smallest absolute Gasteiger partial charge is 0.256 e. The van der Waals surface area contributed by atoms with Crippen molar-refractivity contribution in [1.82, 2.24) is 5.48 Å². The van der Waals surface area contributed by atoms with Crippen LogP contribution in [0, 0.1) is 0 Å². The van der Waals surface area contributed by atoms with E-state index in [1.165, 1.54) is 22.3 Å². The lowest BCUT2D eigenvalue weighted by molar-refractivity contribution is -0.254. The molecular weight excluding hydrogens is 388 g/mol. The summed E-state index contributed by atoms with van der Waals surface area (Å²) in [4.78, 5) is 32.0. The minimum absolute atomic E-state index is 0.0623. The van der Waals surface area contributed by atoms with Crippen LogP contribution in [0.15, 0.2) is 78.7 Å². The highest BCUT2D eigenvalue weighted by molar-refractivity contribution is 7.11. The number of carboxylic acid groups (broad SMARTS) is 1. The van der Waals surface area contributed by atoms with E-state index in [0.717, 1.165) is 10.4 Å². The number of nitrogens with zero attached hydrogens (tertiary/aromatic N) is 1. The molecule has 0 aliphatic heterocycles. The van der Waals surface area contributed by atoms with Crippen molar-refractivity contribution in [3.8, 4) is 0 Å². The number of amides is 1. The summed E-state index contributed by atoms with van der Waals surface area (Å²) in [5.41, 5.74) is 4.24. The molecule has 3 rings (SSSR count). The van der Waals surface area contributed by atoms with Gasteiger partial charge in [0.2, 0.25) is 0 Å². The number of nitrogens with one attached hydrogen (secondary N) is 1. The van der Waals surface area contributed by atoms with Gasteiger partial charge in [0.25, 0.3) is 5.91 Å². The Labute approximate surface area is 172 Å². The van der Waals surface area contributed by atoms with Crippen LogP contribution in [-0.2, 0) is 16.2 Å². The second-order valence-electron chi connectivity index (χ2n) is 6.12. The molecule has 148 valence electrons. The van der Waals surface area contributed by atoms with E-state index < -0.39 is 11.9 Å². The number of aromatic carboxylic acids is 1. The first kappa shape index (κ1) is 20.3. The van der Waals surface area contributed by atoms with Crippen molar-refractivity contribution in [3.05, 3.63) is 94.7 Å². The predicted molar refractivity (Wildman–Crippen MR) is 111 cm³/mol. The second kappa shape index (κ2) is 9.68. The van der Waals surface area contributed by atoms with Crippen molar-refractivity contribution in [2.24, 2.45) is 0 Å². The van der Waals surface area contributed by atoms with Gasteiger partial charge in [0.15, 0.2) is 6.61 Å². The summed E-state index contributed by atoms with van der Waals surface area (Å²) in [6.07, 6.45) is 0. The first-order chi connectivity index (χ1) is 14.1. The van der Waals surface area contributed by atoms with Crippen molar-refractivity contribution in [2.75, 3.05) is 11.5 Å². The highest BCUT2D eigenvalue weighted by atomic mass is 32.1. The highest BCUT2D eigenvalue weighted by Crippen LogP contribution is 2.23. The lowest BCUT2D eigenvalue weighted by Gasteiger charge is -2.26. The maximum Gasteiger partial charge on any atom is 0.256 e. The van der Waals surface area contributed by atoms with Gasteiger partial charge in [-0.15, -0.1) is 11.3 Å². The monoisotopic (exact) mass is 407 g/mol. The van der Waals surface area contributed by atoms with Gasteiger partial charge in [0.1, 0.15) is 0 Å². The largest absolute Gasteiger partial charge is 0.545 e. The number of thiophene rings is 1. The molecule has 0 unspecified atom stereocenters. The Hall–Kier alpha value is -3.42. The average molecular weight is 407 g/mol. The fraction of sp³-hybridized carbons (Fsp3) is 0.0909. The van der Waals surface area contributed by atoms with Crippen LogP contribution >= 0.6 is 11.3 Å². The van der Waals surface area contributed by atoms with E-state index >= 15 is 0 Å². The highest BCUT2D eigenvalue weighted by Gasteiger charge is 2.20. The molecule has 0 radical (unpaired) electrons. The lowest BCUT2D eigenvalue weighted by Crippen LogP contribution is -2.37. The molecule has 3 aromatic rings. The van der Waals surface area contributed by atoms with Crippen LogP contribution in [0.5, 0.6) is 0 Å². The van der Waals surface area contributed by atoms with Crippen molar-refractivity contribution in [1.29, 1.82) is 0 Å². The predicted octanol–water partition coefficient (Wildman–Crippen LogP) is 2.84. The van der Waals surface area contributed by atoms with Crippen molar-refractivity contribution >= 4 is 34.6 Å². The fourth-order valence-electron chi connectivity index (χ4n) is 2.72. The molecule has 0 saturated heterocycles. The lowest BCUT2D eigenvalue weighted by atomic mass is 10.1. The van der Waals surface area contributed by atoms with Gasteiger partial charge in [0.05, 0.1) is 28.8 Å². The zero-order valence-electron chi connectivity index (χ0n) is 15.5. The third-order valence-electron chi connectivity index (χ3n) is 4.11. The molecule has 1 amide bonds. The van der Waals surface area contributed by atoms with E-state index in [-0.39, 0.29) is 24.4 Å². The van der Waals surface area contributed by atoms with Gasteiger partial charge in [0, 0.05) is 5.56 Å². The zero-order valence-corrected chi connectivity index (χ0v) is 16.4. The first-order valence-electron chi connectivity index (χ1n) is 8.81. The Balaban J connectivity index is 1.76. The van der Waals surface area contributed by atoms with E-state index in [1.54, 1.807) is 18.2 Å². The number of hydroxylamine groups is 1. The van der Waals surface area contributed by atoms with E-state index in [0.29, 0.717) is 5.70 Å². The number of anilines is 1. The van der Waals surface area contributed by atoms with Gasteiger partial charge in [-0.3, -0.25) is 15.1 Å². The van der Waals surface area contributed by atoms with Crippen LogP contribution < -0.4 is 15.5 Å². The molecule has 0 aliphatic rings. The summed E-state index contributed by atoms with van der Waals surface area (Å²) in [5, 5.41) is 13.4. The number of hydrogen-bond acceptors (Lipinski definition) is 6. The maximum atomic E-state index is 12.9. The van der Waals surface area contributed by atoms with E-state index in [4.69, 9.17) is 4.84 Å². The van der Waals surface area contributed by atoms with Crippen molar-refractivity contribution < 1.29 is 19.5 Å². The summed E-state index contributed by atoms with van der Waals surface area (Å²) >= 11 is 1.49. The molecule has 29 heavy (non-hydrogen) atoms. The number of carbonyl (C=O) groups is 2. The van der Waals surface area contributed by atoms with Crippen LogP contribution in [0.3, 0.4) is 0 Å². The van der Waals surface area contributed by atoms with E-state index in [9.17, 15) is 14.7 Å². The first-order valence-corrected chi connectivity index (χ1v) is 9.69. The molecule has 0 aliphatic carbocycles. The quantitative estimate of drug-likeness (QED) is 0.552. The molecule has 7 heteroatoms. The Kier molecular flexibility index (Phi) is 6.78. The second-order valence-corrected chi connectivity index (χ2v) is 7.06. The minimum Gasteiger partial charge on any atom is -0.545 e. The van der Waals surface area contributed by atoms with Gasteiger partial charge in [-0.1, -0.05) is 61.2 Å².